The van der Waals surface area contributed by atoms with Gasteiger partial charge in [0.1, 0.15) is 11.6 Å². The first-order chi connectivity index (χ1) is 11.0. The van der Waals surface area contributed by atoms with Crippen molar-refractivity contribution in [3.8, 4) is 0 Å². The Balaban J connectivity index is 1.90. The molecule has 2 aliphatic heterocycles. The molecule has 0 N–H and O–H groups in total. The highest BCUT2D eigenvalue weighted by Gasteiger charge is 2.32. The van der Waals surface area contributed by atoms with Crippen LogP contribution in [0.5, 0.6) is 0 Å². The number of hydrogen-bond donors (Lipinski definition) is 0. The molecule has 7 nitrogen and oxygen atoms in total. The number of nitrogens with zero attached hydrogens (tertiary/aromatic N) is 4. The Morgan fingerprint density at radius 2 is 2.17 bits per heavy atom. The summed E-state index contributed by atoms with van der Waals surface area (Å²) in [5.41, 5.74) is 2.81. The summed E-state index contributed by atoms with van der Waals surface area (Å²) >= 11 is 0. The van der Waals surface area contributed by atoms with Gasteiger partial charge in [-0.2, -0.15) is 0 Å². The monoisotopic (exact) mass is 332 g/mol. The zero-order valence-electron chi connectivity index (χ0n) is 12.9. The van der Waals surface area contributed by atoms with Gasteiger partial charge in [-0.1, -0.05) is 0 Å². The summed E-state index contributed by atoms with van der Waals surface area (Å²) in [5, 5.41) is 0. The van der Waals surface area contributed by atoms with Crippen LogP contribution in [0, 0.1) is 13.8 Å². The number of aliphatic imine (C=N–C) groups is 1. The van der Waals surface area contributed by atoms with Crippen LogP contribution < -0.4 is 0 Å². The van der Waals surface area contributed by atoms with E-state index in [0.717, 1.165) is 28.4 Å². The second kappa shape index (κ2) is 4.82. The van der Waals surface area contributed by atoms with Gasteiger partial charge < -0.3 is 13.9 Å². The summed E-state index contributed by atoms with van der Waals surface area (Å²) in [4.78, 5) is 6.33. The third-order valence-electron chi connectivity index (χ3n) is 4.33. The van der Waals surface area contributed by atoms with Crippen molar-refractivity contribution in [3.63, 3.8) is 0 Å². The summed E-state index contributed by atoms with van der Waals surface area (Å²) < 4.78 is 35.2. The number of sulfonamides is 1. The minimum Gasteiger partial charge on any atom is -0.467 e. The van der Waals surface area contributed by atoms with Crippen molar-refractivity contribution < 1.29 is 12.8 Å². The molecular formula is C15H16N4O3S. The highest BCUT2D eigenvalue weighted by Crippen LogP contribution is 2.34. The first-order valence-corrected chi connectivity index (χ1v) is 8.93. The minimum absolute atomic E-state index is 0.0169. The lowest BCUT2D eigenvalue weighted by Crippen LogP contribution is -2.40. The second-order valence-corrected chi connectivity index (χ2v) is 7.47. The van der Waals surface area contributed by atoms with Crippen LogP contribution in [0.3, 0.4) is 0 Å². The van der Waals surface area contributed by atoms with E-state index < -0.39 is 10.0 Å². The summed E-state index contributed by atoms with van der Waals surface area (Å²) in [6, 6.07) is 3.75. The van der Waals surface area contributed by atoms with Crippen molar-refractivity contribution in [1.82, 2.24) is 9.47 Å². The number of rotatable bonds is 2. The highest BCUT2D eigenvalue weighted by atomic mass is 32.2. The quantitative estimate of drug-likeness (QED) is 0.840. The smallest absolute Gasteiger partial charge is 0.256 e. The predicted molar refractivity (Wildman–Crippen MR) is 86.9 cm³/mol. The van der Waals surface area contributed by atoms with E-state index in [2.05, 4.69) is 9.39 Å². The van der Waals surface area contributed by atoms with Gasteiger partial charge in [0.2, 0.25) is 0 Å². The van der Waals surface area contributed by atoms with Gasteiger partial charge in [-0.15, -0.1) is 4.40 Å². The second-order valence-electron chi connectivity index (χ2n) is 5.71. The lowest BCUT2D eigenvalue weighted by molar-refractivity contribution is 0.492. The first kappa shape index (κ1) is 14.3. The molecule has 0 saturated carbocycles. The topological polar surface area (TPSA) is 80.2 Å². The Morgan fingerprint density at radius 3 is 2.91 bits per heavy atom. The molecule has 0 saturated heterocycles. The molecule has 0 aliphatic carbocycles. The van der Waals surface area contributed by atoms with E-state index in [4.69, 9.17) is 4.42 Å². The third-order valence-corrected chi connectivity index (χ3v) is 5.48. The van der Waals surface area contributed by atoms with Gasteiger partial charge >= 0.3 is 0 Å². The van der Waals surface area contributed by atoms with Gasteiger partial charge in [-0.25, -0.2) is 13.4 Å². The Labute approximate surface area is 134 Å². The Morgan fingerprint density at radius 1 is 1.35 bits per heavy atom. The van der Waals surface area contributed by atoms with Crippen LogP contribution in [0.15, 0.2) is 32.2 Å². The maximum absolute atomic E-state index is 11.9. The highest BCUT2D eigenvalue weighted by molar-refractivity contribution is 7.90. The average molecular weight is 332 g/mol. The SMILES string of the molecule is Cc1c2c(n(Cc3ccco3)c1C)N=CN1CCS(=O)(=O)N=C21. The number of aromatic nitrogens is 1. The summed E-state index contributed by atoms with van der Waals surface area (Å²) in [7, 11) is -3.41. The average Bonchev–Trinajstić information content (AvgIpc) is 3.09. The molecule has 0 aromatic carbocycles. The molecule has 2 aromatic rings. The number of hydrogen-bond acceptors (Lipinski definition) is 5. The van der Waals surface area contributed by atoms with Gasteiger partial charge in [-0.05, 0) is 31.5 Å². The molecule has 0 fully saturated rings. The molecule has 0 unspecified atom stereocenters. The van der Waals surface area contributed by atoms with Crippen LogP contribution in [0.2, 0.25) is 0 Å². The molecule has 0 radical (unpaired) electrons. The van der Waals surface area contributed by atoms with Crippen molar-refractivity contribution in [2.75, 3.05) is 12.3 Å². The van der Waals surface area contributed by atoms with Crippen LogP contribution in [-0.4, -0.2) is 42.4 Å². The van der Waals surface area contributed by atoms with E-state index in [1.165, 1.54) is 0 Å². The van der Waals surface area contributed by atoms with E-state index in [1.807, 2.05) is 30.5 Å². The Bertz CT molecular complexity index is 936. The standard InChI is InChI=1S/C15H16N4O3S/c1-10-11(2)19(8-12-4-3-6-22-12)14-13(10)15-17-23(20,21)7-5-18(15)9-16-14/h3-4,6,9H,5,7-8H2,1-2H3. The molecule has 4 rings (SSSR count). The lowest BCUT2D eigenvalue weighted by atomic mass is 10.1. The summed E-state index contributed by atoms with van der Waals surface area (Å²) in [6.45, 7) is 4.89. The summed E-state index contributed by atoms with van der Waals surface area (Å²) in [6.07, 6.45) is 3.30. The van der Waals surface area contributed by atoms with Crippen LogP contribution in [-0.2, 0) is 16.6 Å². The van der Waals surface area contributed by atoms with Crippen LogP contribution in [0.4, 0.5) is 5.82 Å². The van der Waals surface area contributed by atoms with Gasteiger partial charge in [0.15, 0.2) is 5.84 Å². The third kappa shape index (κ3) is 2.21. The van der Waals surface area contributed by atoms with Crippen LogP contribution >= 0.6 is 0 Å². The van der Waals surface area contributed by atoms with E-state index in [0.29, 0.717) is 18.9 Å². The Kier molecular flexibility index (Phi) is 2.99. The largest absolute Gasteiger partial charge is 0.467 e. The minimum atomic E-state index is -3.41. The van der Waals surface area contributed by atoms with Crippen molar-refractivity contribution in [1.29, 1.82) is 0 Å². The van der Waals surface area contributed by atoms with Crippen LogP contribution in [0.25, 0.3) is 0 Å². The Hall–Kier alpha value is -2.35. The maximum atomic E-state index is 11.9. The fourth-order valence-corrected chi connectivity index (χ4v) is 3.95. The zero-order valence-corrected chi connectivity index (χ0v) is 13.7. The zero-order chi connectivity index (χ0) is 16.2. The molecule has 0 bridgehead atoms. The first-order valence-electron chi connectivity index (χ1n) is 7.32. The molecule has 0 spiro atoms. The van der Waals surface area contributed by atoms with Crippen molar-refractivity contribution in [2.45, 2.75) is 20.4 Å². The number of furan rings is 1. The van der Waals surface area contributed by atoms with E-state index in [1.54, 1.807) is 17.5 Å². The molecule has 8 heteroatoms. The molecular weight excluding hydrogens is 316 g/mol. The lowest BCUT2D eigenvalue weighted by Gasteiger charge is -2.28. The predicted octanol–water partition coefficient (Wildman–Crippen LogP) is 1.81. The van der Waals surface area contributed by atoms with Crippen LogP contribution in [0.1, 0.15) is 22.6 Å². The molecule has 23 heavy (non-hydrogen) atoms. The fraction of sp³-hybridized carbons (Fsp3) is 0.333. The molecule has 4 heterocycles. The van der Waals surface area contributed by atoms with Gasteiger partial charge in [-0.3, -0.25) is 0 Å². The molecule has 0 amide bonds. The fourth-order valence-electron chi connectivity index (χ4n) is 2.97. The molecule has 2 aromatic heterocycles. The normalized spacial score (nSPS) is 18.5. The van der Waals surface area contributed by atoms with E-state index in [-0.39, 0.29) is 5.75 Å². The summed E-state index contributed by atoms with van der Waals surface area (Å²) in [5.74, 6) is 2.04. The molecule has 0 atom stereocenters. The maximum Gasteiger partial charge on any atom is 0.256 e. The van der Waals surface area contributed by atoms with Gasteiger partial charge in [0.25, 0.3) is 10.0 Å². The van der Waals surface area contributed by atoms with E-state index >= 15 is 0 Å². The van der Waals surface area contributed by atoms with E-state index in [9.17, 15) is 8.42 Å². The molecule has 120 valence electrons. The van der Waals surface area contributed by atoms with Crippen molar-refractivity contribution in [2.24, 2.45) is 9.39 Å². The van der Waals surface area contributed by atoms with Gasteiger partial charge in [0.05, 0.1) is 30.5 Å². The van der Waals surface area contributed by atoms with Gasteiger partial charge in [0, 0.05) is 12.2 Å². The molecule has 2 aliphatic rings. The number of amidine groups is 1. The van der Waals surface area contributed by atoms with Crippen molar-refractivity contribution in [3.05, 3.63) is 41.0 Å². The number of fused-ring (bicyclic) bond motifs is 3. The van der Waals surface area contributed by atoms with Crippen molar-refractivity contribution >= 4 is 28.0 Å².